The van der Waals surface area contributed by atoms with Crippen LogP contribution in [-0.2, 0) is 6.42 Å². The summed E-state index contributed by atoms with van der Waals surface area (Å²) >= 11 is 0. The second-order valence-corrected chi connectivity index (χ2v) is 5.14. The molecule has 0 saturated heterocycles. The summed E-state index contributed by atoms with van der Waals surface area (Å²) in [5.41, 5.74) is 3.25. The highest BCUT2D eigenvalue weighted by Gasteiger charge is 2.28. The van der Waals surface area contributed by atoms with E-state index in [1.165, 1.54) is 11.1 Å². The summed E-state index contributed by atoms with van der Waals surface area (Å²) < 4.78 is 5.45. The van der Waals surface area contributed by atoms with E-state index >= 15 is 0 Å². The van der Waals surface area contributed by atoms with Gasteiger partial charge in [-0.1, -0.05) is 0 Å². The van der Waals surface area contributed by atoms with Gasteiger partial charge < -0.3 is 9.64 Å². The lowest BCUT2D eigenvalue weighted by Gasteiger charge is -2.33. The molecule has 1 atom stereocenters. The van der Waals surface area contributed by atoms with Gasteiger partial charge in [-0.05, 0) is 63.5 Å². The third-order valence-electron chi connectivity index (χ3n) is 3.77. The fourth-order valence-corrected chi connectivity index (χ4v) is 2.91. The van der Waals surface area contributed by atoms with Crippen LogP contribution < -0.4 is 4.74 Å². The predicted octanol–water partition coefficient (Wildman–Crippen LogP) is 2.84. The van der Waals surface area contributed by atoms with Crippen LogP contribution in [0.4, 0.5) is 0 Å². The number of methoxy groups -OCH3 is 1. The molecule has 3 heteroatoms. The zero-order valence-electron chi connectivity index (χ0n) is 11.6. The van der Waals surface area contributed by atoms with Crippen LogP contribution in [0.25, 0.3) is 0 Å². The number of carbonyl (C=O) groups is 1. The number of ether oxygens (including phenoxy) is 1. The van der Waals surface area contributed by atoms with Gasteiger partial charge in [-0.2, -0.15) is 0 Å². The second kappa shape index (κ2) is 5.11. The molecule has 18 heavy (non-hydrogen) atoms. The molecule has 1 aromatic rings. The number of rotatable bonds is 3. The summed E-state index contributed by atoms with van der Waals surface area (Å²) in [7, 11) is 5.84. The van der Waals surface area contributed by atoms with Crippen molar-refractivity contribution in [2.24, 2.45) is 0 Å². The zero-order chi connectivity index (χ0) is 13.3. The molecule has 0 N–H and O–H groups in total. The van der Waals surface area contributed by atoms with Crippen LogP contribution in [0.3, 0.4) is 0 Å². The largest absolute Gasteiger partial charge is 0.496 e. The molecule has 0 fully saturated rings. The first-order chi connectivity index (χ1) is 8.56. The average molecular weight is 247 g/mol. The Labute approximate surface area is 109 Å². The molecule has 0 spiro atoms. The number of hydrogen-bond donors (Lipinski definition) is 0. The van der Waals surface area contributed by atoms with Crippen LogP contribution in [-0.4, -0.2) is 31.9 Å². The van der Waals surface area contributed by atoms with Gasteiger partial charge in [0.05, 0.1) is 7.11 Å². The predicted molar refractivity (Wildman–Crippen MR) is 72.4 cm³/mol. The van der Waals surface area contributed by atoms with E-state index < -0.39 is 0 Å². The molecule has 0 bridgehead atoms. The fourth-order valence-electron chi connectivity index (χ4n) is 2.91. The van der Waals surface area contributed by atoms with Crippen molar-refractivity contribution in [1.29, 1.82) is 0 Å². The van der Waals surface area contributed by atoms with Gasteiger partial charge in [0.25, 0.3) is 0 Å². The summed E-state index contributed by atoms with van der Waals surface area (Å²) in [4.78, 5) is 14.0. The maximum Gasteiger partial charge on any atom is 0.160 e. The number of benzene rings is 1. The third-order valence-corrected chi connectivity index (χ3v) is 3.77. The standard InChI is InChI=1S/C15H21NO2/c1-10(17)11-8-9-14(18-4)12-6-5-7-13(15(11)12)16(2)3/h8-9,13H,5-7H2,1-4H3/t13-/m1/s1. The Bertz CT molecular complexity index is 466. The minimum Gasteiger partial charge on any atom is -0.496 e. The Kier molecular flexibility index (Phi) is 3.71. The maximum absolute atomic E-state index is 11.8. The lowest BCUT2D eigenvalue weighted by Crippen LogP contribution is -2.26. The van der Waals surface area contributed by atoms with E-state index in [1.54, 1.807) is 14.0 Å². The van der Waals surface area contributed by atoms with Gasteiger partial charge in [0.2, 0.25) is 0 Å². The molecule has 1 aliphatic carbocycles. The molecule has 0 aromatic heterocycles. The van der Waals surface area contributed by atoms with Crippen molar-refractivity contribution < 1.29 is 9.53 Å². The molecule has 0 heterocycles. The van der Waals surface area contributed by atoms with E-state index in [4.69, 9.17) is 4.74 Å². The molecule has 0 amide bonds. The molecule has 2 rings (SSSR count). The quantitative estimate of drug-likeness (QED) is 0.769. The topological polar surface area (TPSA) is 29.5 Å². The van der Waals surface area contributed by atoms with Crippen LogP contribution in [0.15, 0.2) is 12.1 Å². The molecule has 0 radical (unpaired) electrons. The Hall–Kier alpha value is -1.35. The Morgan fingerprint density at radius 1 is 1.39 bits per heavy atom. The van der Waals surface area contributed by atoms with Crippen molar-refractivity contribution in [2.75, 3.05) is 21.2 Å². The minimum absolute atomic E-state index is 0.141. The molecule has 98 valence electrons. The van der Waals surface area contributed by atoms with Gasteiger partial charge in [0.1, 0.15) is 5.75 Å². The lowest BCUT2D eigenvalue weighted by atomic mass is 9.82. The van der Waals surface area contributed by atoms with Gasteiger partial charge in [0.15, 0.2) is 5.78 Å². The van der Waals surface area contributed by atoms with Crippen molar-refractivity contribution in [3.63, 3.8) is 0 Å². The van der Waals surface area contributed by atoms with Gasteiger partial charge in [-0.25, -0.2) is 0 Å². The van der Waals surface area contributed by atoms with E-state index in [2.05, 4.69) is 19.0 Å². The van der Waals surface area contributed by atoms with Crippen molar-refractivity contribution in [3.8, 4) is 5.75 Å². The van der Waals surface area contributed by atoms with E-state index in [0.717, 1.165) is 30.6 Å². The zero-order valence-corrected chi connectivity index (χ0v) is 11.6. The molecule has 1 aromatic carbocycles. The maximum atomic E-state index is 11.8. The van der Waals surface area contributed by atoms with Gasteiger partial charge >= 0.3 is 0 Å². The first-order valence-corrected chi connectivity index (χ1v) is 6.43. The summed E-state index contributed by atoms with van der Waals surface area (Å²) in [5, 5.41) is 0. The molecule has 1 aliphatic rings. The summed E-state index contributed by atoms with van der Waals surface area (Å²) in [6.45, 7) is 1.64. The summed E-state index contributed by atoms with van der Waals surface area (Å²) in [5.74, 6) is 1.06. The van der Waals surface area contributed by atoms with E-state index in [9.17, 15) is 4.79 Å². The Balaban J connectivity index is 2.64. The van der Waals surface area contributed by atoms with Gasteiger partial charge in [-0.3, -0.25) is 4.79 Å². The molecule has 0 saturated carbocycles. The number of fused-ring (bicyclic) bond motifs is 1. The van der Waals surface area contributed by atoms with Crippen LogP contribution in [0.1, 0.15) is 47.3 Å². The molecular weight excluding hydrogens is 226 g/mol. The van der Waals surface area contributed by atoms with Crippen LogP contribution in [0.5, 0.6) is 5.75 Å². The first-order valence-electron chi connectivity index (χ1n) is 6.43. The number of carbonyl (C=O) groups excluding carboxylic acids is 1. The highest BCUT2D eigenvalue weighted by molar-refractivity contribution is 5.96. The van der Waals surface area contributed by atoms with E-state index in [1.807, 2.05) is 12.1 Å². The average Bonchev–Trinajstić information content (AvgIpc) is 2.36. The van der Waals surface area contributed by atoms with Crippen molar-refractivity contribution >= 4 is 5.78 Å². The first kappa shape index (κ1) is 13.1. The number of hydrogen-bond acceptors (Lipinski definition) is 3. The SMILES string of the molecule is COc1ccc(C(C)=O)c2c1CCC[C@H]2N(C)C. The molecule has 3 nitrogen and oxygen atoms in total. The summed E-state index contributed by atoms with van der Waals surface area (Å²) in [6, 6.07) is 4.15. The Morgan fingerprint density at radius 2 is 2.11 bits per heavy atom. The fraction of sp³-hybridized carbons (Fsp3) is 0.533. The second-order valence-electron chi connectivity index (χ2n) is 5.14. The number of nitrogens with zero attached hydrogens (tertiary/aromatic N) is 1. The Morgan fingerprint density at radius 3 is 2.67 bits per heavy atom. The minimum atomic E-state index is 0.141. The van der Waals surface area contributed by atoms with Crippen molar-refractivity contribution in [2.45, 2.75) is 32.2 Å². The monoisotopic (exact) mass is 247 g/mol. The van der Waals surface area contributed by atoms with Crippen molar-refractivity contribution in [3.05, 3.63) is 28.8 Å². The van der Waals surface area contributed by atoms with Crippen LogP contribution in [0, 0.1) is 0 Å². The summed E-state index contributed by atoms with van der Waals surface area (Å²) in [6.07, 6.45) is 3.25. The number of Topliss-reactive ketones (excluding diaryl/α,β-unsaturated/α-hetero) is 1. The molecule has 0 aliphatic heterocycles. The lowest BCUT2D eigenvalue weighted by molar-refractivity contribution is 0.101. The van der Waals surface area contributed by atoms with Crippen molar-refractivity contribution in [1.82, 2.24) is 4.90 Å². The van der Waals surface area contributed by atoms with Crippen LogP contribution >= 0.6 is 0 Å². The van der Waals surface area contributed by atoms with E-state index in [-0.39, 0.29) is 5.78 Å². The smallest absolute Gasteiger partial charge is 0.160 e. The molecule has 0 unspecified atom stereocenters. The van der Waals surface area contributed by atoms with Gasteiger partial charge in [-0.15, -0.1) is 0 Å². The number of ketones is 1. The highest BCUT2D eigenvalue weighted by atomic mass is 16.5. The molecular formula is C15H21NO2. The normalized spacial score (nSPS) is 18.6. The van der Waals surface area contributed by atoms with E-state index in [0.29, 0.717) is 6.04 Å². The highest BCUT2D eigenvalue weighted by Crippen LogP contribution is 2.39. The van der Waals surface area contributed by atoms with Crippen LogP contribution in [0.2, 0.25) is 0 Å². The third kappa shape index (κ3) is 2.15. The van der Waals surface area contributed by atoms with Gasteiger partial charge in [0, 0.05) is 11.6 Å².